The number of aliphatic hydroxyl groups excluding tert-OH is 1. The lowest BCUT2D eigenvalue weighted by Gasteiger charge is -2.41. The second kappa shape index (κ2) is 10.5. The average molecular weight is 461 g/mol. The number of hydrogen-bond acceptors (Lipinski definition) is 5. The predicted octanol–water partition coefficient (Wildman–Crippen LogP) is 5.25. The maximum atomic E-state index is 13.7. The van der Waals surface area contributed by atoms with Crippen LogP contribution < -0.4 is 0 Å². The number of Topliss-reactive ketones (excluding diaryl/α,β-unsaturated/α-hetero) is 1. The highest BCUT2D eigenvalue weighted by Gasteiger charge is 2.45. The summed E-state index contributed by atoms with van der Waals surface area (Å²) in [4.78, 5) is 26.7. The standard InChI is InChI=1S/C26H36O5S/c1-16(27)10-11-21-23(28)22(20(15-31-21)17-8-6-5-7-9-17)19-14-18(12-13-26(2,3)4)32-24(19)25(29)30/h14,16-17,20-22,27H,5-11,15H2,1-4H3,(H,29,30)/t16-,20-,21+,22?/m0/s1. The normalized spacial score (nSPS) is 25.8. The summed E-state index contributed by atoms with van der Waals surface area (Å²) in [5, 5.41) is 19.6. The first kappa shape index (κ1) is 25.0. The topological polar surface area (TPSA) is 83.8 Å². The Balaban J connectivity index is 2.00. The van der Waals surface area contributed by atoms with Crippen molar-refractivity contribution in [1.82, 2.24) is 0 Å². The summed E-state index contributed by atoms with van der Waals surface area (Å²) in [6.07, 6.45) is 5.44. The van der Waals surface area contributed by atoms with Crippen molar-refractivity contribution in [3.05, 3.63) is 21.4 Å². The summed E-state index contributed by atoms with van der Waals surface area (Å²) in [6.45, 7) is 8.21. The monoisotopic (exact) mass is 460 g/mol. The molecule has 1 aliphatic heterocycles. The van der Waals surface area contributed by atoms with E-state index in [0.717, 1.165) is 25.7 Å². The average Bonchev–Trinajstić information content (AvgIpc) is 3.15. The number of carboxylic acids is 1. The molecule has 1 aromatic heterocycles. The van der Waals surface area contributed by atoms with E-state index in [-0.39, 0.29) is 22.0 Å². The van der Waals surface area contributed by atoms with Gasteiger partial charge in [0.15, 0.2) is 5.78 Å². The van der Waals surface area contributed by atoms with Crippen LogP contribution in [0, 0.1) is 29.1 Å². The van der Waals surface area contributed by atoms with Crippen LogP contribution in [0.15, 0.2) is 6.07 Å². The lowest BCUT2D eigenvalue weighted by Crippen LogP contribution is -2.45. The number of carboxylic acid groups (broad SMARTS) is 1. The highest BCUT2D eigenvalue weighted by Crippen LogP contribution is 2.45. The molecular weight excluding hydrogens is 424 g/mol. The van der Waals surface area contributed by atoms with Crippen molar-refractivity contribution in [2.75, 3.05) is 6.61 Å². The molecule has 0 radical (unpaired) electrons. The number of ether oxygens (including phenoxy) is 1. The zero-order valence-electron chi connectivity index (χ0n) is 19.6. The SMILES string of the molecule is C[C@H](O)CC[C@H]1OC[C@@H](C2CCCCC2)C(c2cc(C#CC(C)(C)C)sc2C(=O)O)C1=O. The molecular formula is C26H36O5S. The maximum Gasteiger partial charge on any atom is 0.346 e. The van der Waals surface area contributed by atoms with E-state index in [9.17, 15) is 19.8 Å². The van der Waals surface area contributed by atoms with Gasteiger partial charge in [-0.3, -0.25) is 4.79 Å². The Morgan fingerprint density at radius 3 is 2.56 bits per heavy atom. The molecule has 2 aliphatic rings. The molecule has 0 amide bonds. The molecule has 0 spiro atoms. The molecule has 6 heteroatoms. The lowest BCUT2D eigenvalue weighted by molar-refractivity contribution is -0.146. The number of carbonyl (C=O) groups is 2. The minimum Gasteiger partial charge on any atom is -0.477 e. The van der Waals surface area contributed by atoms with E-state index in [4.69, 9.17) is 4.74 Å². The Labute approximate surface area is 195 Å². The van der Waals surface area contributed by atoms with Gasteiger partial charge in [-0.15, -0.1) is 11.3 Å². The summed E-state index contributed by atoms with van der Waals surface area (Å²) in [7, 11) is 0. The van der Waals surface area contributed by atoms with Crippen molar-refractivity contribution in [2.45, 2.75) is 90.8 Å². The Kier molecular flexibility index (Phi) is 8.19. The van der Waals surface area contributed by atoms with Crippen LogP contribution in [0.25, 0.3) is 0 Å². The van der Waals surface area contributed by atoms with Gasteiger partial charge in [-0.1, -0.05) is 43.9 Å². The van der Waals surface area contributed by atoms with E-state index < -0.39 is 24.1 Å². The van der Waals surface area contributed by atoms with Crippen LogP contribution in [0.5, 0.6) is 0 Å². The molecule has 5 nitrogen and oxygen atoms in total. The van der Waals surface area contributed by atoms with Gasteiger partial charge in [-0.25, -0.2) is 4.79 Å². The largest absolute Gasteiger partial charge is 0.477 e. The predicted molar refractivity (Wildman–Crippen MR) is 126 cm³/mol. The van der Waals surface area contributed by atoms with Gasteiger partial charge in [0.05, 0.1) is 23.5 Å². The number of ketones is 1. The maximum absolute atomic E-state index is 13.7. The van der Waals surface area contributed by atoms with Crippen molar-refractivity contribution in [1.29, 1.82) is 0 Å². The van der Waals surface area contributed by atoms with Crippen molar-refractivity contribution in [2.24, 2.45) is 17.3 Å². The number of aromatic carboxylic acids is 1. The summed E-state index contributed by atoms with van der Waals surface area (Å²) >= 11 is 1.17. The summed E-state index contributed by atoms with van der Waals surface area (Å²) in [6, 6.07) is 1.84. The number of carbonyl (C=O) groups excluding carboxylic acids is 1. The molecule has 1 saturated heterocycles. The van der Waals surface area contributed by atoms with Crippen molar-refractivity contribution >= 4 is 23.1 Å². The Morgan fingerprint density at radius 1 is 1.28 bits per heavy atom. The lowest BCUT2D eigenvalue weighted by atomic mass is 9.68. The van der Waals surface area contributed by atoms with Gasteiger partial charge in [0.1, 0.15) is 11.0 Å². The van der Waals surface area contributed by atoms with Crippen LogP contribution in [0.3, 0.4) is 0 Å². The number of thiophene rings is 1. The molecule has 1 aromatic rings. The number of hydrogen-bond donors (Lipinski definition) is 2. The van der Waals surface area contributed by atoms with Crippen LogP contribution >= 0.6 is 11.3 Å². The van der Waals surface area contributed by atoms with Gasteiger partial charge in [0.25, 0.3) is 0 Å². The summed E-state index contributed by atoms with van der Waals surface area (Å²) in [5.74, 6) is 5.13. The second-order valence-electron chi connectivity index (χ2n) is 10.4. The van der Waals surface area contributed by atoms with Crippen molar-refractivity contribution < 1.29 is 24.5 Å². The van der Waals surface area contributed by atoms with Crippen molar-refractivity contribution in [3.8, 4) is 11.8 Å². The molecule has 2 heterocycles. The second-order valence-corrected chi connectivity index (χ2v) is 11.4. The molecule has 0 bridgehead atoms. The van der Waals surface area contributed by atoms with Crippen LogP contribution in [-0.4, -0.2) is 40.8 Å². The van der Waals surface area contributed by atoms with E-state index >= 15 is 0 Å². The van der Waals surface area contributed by atoms with Gasteiger partial charge < -0.3 is 14.9 Å². The van der Waals surface area contributed by atoms with Crippen LogP contribution in [-0.2, 0) is 9.53 Å². The van der Waals surface area contributed by atoms with Crippen molar-refractivity contribution in [3.63, 3.8) is 0 Å². The van der Waals surface area contributed by atoms with Crippen LogP contribution in [0.4, 0.5) is 0 Å². The third kappa shape index (κ3) is 6.21. The van der Waals surface area contributed by atoms with Gasteiger partial charge in [0.2, 0.25) is 0 Å². The fourth-order valence-corrected chi connectivity index (χ4v) is 5.80. The minimum atomic E-state index is -1.00. The highest BCUT2D eigenvalue weighted by atomic mass is 32.1. The van der Waals surface area contributed by atoms with Crippen LogP contribution in [0.2, 0.25) is 0 Å². The van der Waals surface area contributed by atoms with E-state index in [1.807, 2.05) is 26.8 Å². The summed E-state index contributed by atoms with van der Waals surface area (Å²) in [5.41, 5.74) is 0.408. The molecule has 176 valence electrons. The first-order valence-electron chi connectivity index (χ1n) is 11.8. The van der Waals surface area contributed by atoms with E-state index in [2.05, 4.69) is 11.8 Å². The van der Waals surface area contributed by atoms with E-state index in [0.29, 0.717) is 35.8 Å². The van der Waals surface area contributed by atoms with Gasteiger partial charge in [0, 0.05) is 5.41 Å². The zero-order valence-corrected chi connectivity index (χ0v) is 20.5. The van der Waals surface area contributed by atoms with Gasteiger partial charge in [-0.05, 0) is 64.0 Å². The smallest absolute Gasteiger partial charge is 0.346 e. The third-order valence-electron chi connectivity index (χ3n) is 6.49. The third-order valence-corrected chi connectivity index (χ3v) is 7.55. The first-order chi connectivity index (χ1) is 15.1. The number of aliphatic hydroxyl groups is 1. The van der Waals surface area contributed by atoms with Crippen LogP contribution in [0.1, 0.15) is 98.7 Å². The molecule has 3 rings (SSSR count). The van der Waals surface area contributed by atoms with E-state index in [1.54, 1.807) is 6.92 Å². The quantitative estimate of drug-likeness (QED) is 0.566. The minimum absolute atomic E-state index is 0.0123. The molecule has 1 saturated carbocycles. The Morgan fingerprint density at radius 2 is 1.97 bits per heavy atom. The first-order valence-corrected chi connectivity index (χ1v) is 12.6. The fourth-order valence-electron chi connectivity index (χ4n) is 4.90. The molecule has 2 N–H and O–H groups in total. The molecule has 4 atom stereocenters. The molecule has 0 aromatic carbocycles. The Bertz CT molecular complexity index is 876. The Hall–Kier alpha value is -1.68. The van der Waals surface area contributed by atoms with Gasteiger partial charge in [-0.2, -0.15) is 0 Å². The zero-order chi connectivity index (χ0) is 23.5. The molecule has 1 unspecified atom stereocenters. The van der Waals surface area contributed by atoms with Gasteiger partial charge >= 0.3 is 5.97 Å². The fraction of sp³-hybridized carbons (Fsp3) is 0.692. The summed E-state index contributed by atoms with van der Waals surface area (Å²) < 4.78 is 6.02. The molecule has 32 heavy (non-hydrogen) atoms. The highest BCUT2D eigenvalue weighted by molar-refractivity contribution is 7.14. The molecule has 2 fully saturated rings. The number of rotatable bonds is 6. The van der Waals surface area contributed by atoms with E-state index in [1.165, 1.54) is 17.8 Å². The molecule has 1 aliphatic carbocycles.